The lowest BCUT2D eigenvalue weighted by molar-refractivity contribution is -0.114. The molecule has 0 aliphatic carbocycles. The van der Waals surface area contributed by atoms with Gasteiger partial charge in [0.15, 0.2) is 28.8 Å². The molecule has 0 saturated carbocycles. The zero-order valence-corrected chi connectivity index (χ0v) is 19.2. The number of methoxy groups -OCH3 is 2. The SMILES string of the molecule is COc1ccc(C2C(C(C)=O)=C(C)Oc3ncn4nc(-c5ccccc5N)nc4c32)cc1OC. The Morgan fingerprint density at radius 2 is 1.88 bits per heavy atom. The van der Waals surface area contributed by atoms with Gasteiger partial charge in [-0.3, -0.25) is 4.79 Å². The van der Waals surface area contributed by atoms with E-state index >= 15 is 0 Å². The van der Waals surface area contributed by atoms with E-state index in [1.807, 2.05) is 36.4 Å². The summed E-state index contributed by atoms with van der Waals surface area (Å²) in [6, 6.07) is 12.9. The Hall–Kier alpha value is -4.40. The summed E-state index contributed by atoms with van der Waals surface area (Å²) in [6.45, 7) is 3.29. The van der Waals surface area contributed by atoms with Gasteiger partial charge in [-0.05, 0) is 43.7 Å². The van der Waals surface area contributed by atoms with Gasteiger partial charge in [0.25, 0.3) is 0 Å². The molecule has 9 heteroatoms. The average molecular weight is 457 g/mol. The number of ether oxygens (including phenoxy) is 3. The van der Waals surface area contributed by atoms with Crippen molar-refractivity contribution in [3.05, 3.63) is 71.3 Å². The third kappa shape index (κ3) is 3.33. The van der Waals surface area contributed by atoms with Crippen molar-refractivity contribution in [2.24, 2.45) is 0 Å². The zero-order valence-electron chi connectivity index (χ0n) is 19.2. The zero-order chi connectivity index (χ0) is 24.0. The molecule has 34 heavy (non-hydrogen) atoms. The van der Waals surface area contributed by atoms with Crippen LogP contribution >= 0.6 is 0 Å². The van der Waals surface area contributed by atoms with Gasteiger partial charge in [-0.15, -0.1) is 5.10 Å². The number of hydrogen-bond acceptors (Lipinski definition) is 8. The predicted octanol–water partition coefficient (Wildman–Crippen LogP) is 3.78. The highest BCUT2D eigenvalue weighted by Gasteiger charge is 2.36. The average Bonchev–Trinajstić information content (AvgIpc) is 3.27. The first-order valence-corrected chi connectivity index (χ1v) is 10.6. The second-order valence-corrected chi connectivity index (χ2v) is 7.93. The number of carbonyl (C=O) groups is 1. The number of hydrogen-bond donors (Lipinski definition) is 1. The molecule has 1 aliphatic rings. The van der Waals surface area contributed by atoms with Crippen molar-refractivity contribution in [3.8, 4) is 28.8 Å². The molecule has 3 heterocycles. The summed E-state index contributed by atoms with van der Waals surface area (Å²) in [4.78, 5) is 22.1. The Bertz CT molecular complexity index is 1470. The van der Waals surface area contributed by atoms with Crippen LogP contribution < -0.4 is 19.9 Å². The summed E-state index contributed by atoms with van der Waals surface area (Å²) in [6.07, 6.45) is 1.54. The molecule has 5 rings (SSSR count). The lowest BCUT2D eigenvalue weighted by Crippen LogP contribution is -2.22. The number of Topliss-reactive ketones (excluding diaryl/α,β-unsaturated/α-hetero) is 1. The second kappa shape index (κ2) is 8.18. The number of fused-ring (bicyclic) bond motifs is 3. The molecular formula is C25H23N5O4. The highest BCUT2D eigenvalue weighted by atomic mass is 16.5. The number of aromatic nitrogens is 4. The fourth-order valence-corrected chi connectivity index (χ4v) is 4.37. The number of ketones is 1. The van der Waals surface area contributed by atoms with Gasteiger partial charge >= 0.3 is 0 Å². The van der Waals surface area contributed by atoms with E-state index in [0.29, 0.717) is 57.0 Å². The Morgan fingerprint density at radius 1 is 1.12 bits per heavy atom. The molecule has 0 radical (unpaired) electrons. The van der Waals surface area contributed by atoms with E-state index in [2.05, 4.69) is 10.1 Å². The van der Waals surface area contributed by atoms with Crippen LogP contribution in [0.2, 0.25) is 0 Å². The number of nitrogens with zero attached hydrogens (tertiary/aromatic N) is 4. The Labute approximate surface area is 195 Å². The Morgan fingerprint density at radius 3 is 2.59 bits per heavy atom. The van der Waals surface area contributed by atoms with Gasteiger partial charge in [0.05, 0.1) is 25.7 Å². The molecule has 1 aliphatic heterocycles. The molecule has 0 spiro atoms. The van der Waals surface area contributed by atoms with Crippen LogP contribution in [-0.2, 0) is 4.79 Å². The molecule has 0 bridgehead atoms. The maximum absolute atomic E-state index is 12.8. The summed E-state index contributed by atoms with van der Waals surface area (Å²) in [5, 5.41) is 4.59. The van der Waals surface area contributed by atoms with Crippen molar-refractivity contribution < 1.29 is 19.0 Å². The third-order valence-electron chi connectivity index (χ3n) is 5.92. The van der Waals surface area contributed by atoms with Crippen molar-refractivity contribution in [1.82, 2.24) is 19.6 Å². The van der Waals surface area contributed by atoms with Gasteiger partial charge in [0.2, 0.25) is 5.88 Å². The van der Waals surface area contributed by atoms with Crippen LogP contribution in [-0.4, -0.2) is 39.6 Å². The first-order chi connectivity index (χ1) is 16.4. The molecule has 1 atom stereocenters. The summed E-state index contributed by atoms with van der Waals surface area (Å²) >= 11 is 0. The van der Waals surface area contributed by atoms with Crippen molar-refractivity contribution in [3.63, 3.8) is 0 Å². The maximum atomic E-state index is 12.8. The molecule has 1 unspecified atom stereocenters. The molecular weight excluding hydrogens is 434 g/mol. The smallest absolute Gasteiger partial charge is 0.228 e. The quantitative estimate of drug-likeness (QED) is 0.451. The first kappa shape index (κ1) is 21.4. The molecule has 0 saturated heterocycles. The number of anilines is 1. The van der Waals surface area contributed by atoms with Gasteiger partial charge in [-0.25, -0.2) is 14.5 Å². The Balaban J connectivity index is 1.78. The highest BCUT2D eigenvalue weighted by molar-refractivity contribution is 5.97. The predicted molar refractivity (Wildman–Crippen MR) is 126 cm³/mol. The minimum absolute atomic E-state index is 0.114. The lowest BCUT2D eigenvalue weighted by Gasteiger charge is -2.28. The second-order valence-electron chi connectivity index (χ2n) is 7.93. The van der Waals surface area contributed by atoms with E-state index < -0.39 is 5.92 Å². The number of carbonyl (C=O) groups excluding carboxylic acids is 1. The fourth-order valence-electron chi connectivity index (χ4n) is 4.37. The third-order valence-corrected chi connectivity index (χ3v) is 5.92. The summed E-state index contributed by atoms with van der Waals surface area (Å²) < 4.78 is 18.5. The largest absolute Gasteiger partial charge is 0.493 e. The van der Waals surface area contributed by atoms with Crippen molar-refractivity contribution in [2.75, 3.05) is 20.0 Å². The molecule has 2 aromatic heterocycles. The van der Waals surface area contributed by atoms with E-state index in [4.69, 9.17) is 24.9 Å². The topological polar surface area (TPSA) is 114 Å². The van der Waals surface area contributed by atoms with Gasteiger partial charge in [-0.1, -0.05) is 18.2 Å². The minimum atomic E-state index is -0.498. The number of rotatable bonds is 5. The lowest BCUT2D eigenvalue weighted by atomic mass is 9.81. The first-order valence-electron chi connectivity index (χ1n) is 10.6. The van der Waals surface area contributed by atoms with E-state index in [1.54, 1.807) is 38.1 Å². The number of benzene rings is 2. The van der Waals surface area contributed by atoms with Crippen LogP contribution in [0.3, 0.4) is 0 Å². The summed E-state index contributed by atoms with van der Waals surface area (Å²) in [5.41, 5.74) is 9.92. The normalized spacial score (nSPS) is 15.1. The van der Waals surface area contributed by atoms with E-state index in [-0.39, 0.29) is 5.78 Å². The van der Waals surface area contributed by atoms with E-state index in [9.17, 15) is 4.79 Å². The van der Waals surface area contributed by atoms with Crippen LogP contribution in [0.4, 0.5) is 5.69 Å². The number of nitrogens with two attached hydrogens (primary N) is 1. The van der Waals surface area contributed by atoms with E-state index in [0.717, 1.165) is 5.56 Å². The van der Waals surface area contributed by atoms with Crippen LogP contribution in [0, 0.1) is 0 Å². The molecule has 0 fully saturated rings. The van der Waals surface area contributed by atoms with Crippen LogP contribution in [0.5, 0.6) is 17.4 Å². The van der Waals surface area contributed by atoms with E-state index in [1.165, 1.54) is 6.92 Å². The van der Waals surface area contributed by atoms with Gasteiger partial charge in [-0.2, -0.15) is 0 Å². The maximum Gasteiger partial charge on any atom is 0.228 e. The monoisotopic (exact) mass is 457 g/mol. The summed E-state index contributed by atoms with van der Waals surface area (Å²) in [7, 11) is 3.15. The molecule has 0 amide bonds. The molecule has 172 valence electrons. The van der Waals surface area contributed by atoms with Crippen LogP contribution in [0.25, 0.3) is 17.0 Å². The van der Waals surface area contributed by atoms with Gasteiger partial charge < -0.3 is 19.9 Å². The van der Waals surface area contributed by atoms with Crippen molar-refractivity contribution in [2.45, 2.75) is 19.8 Å². The number of nitrogen functional groups attached to an aromatic ring is 1. The molecule has 2 N–H and O–H groups in total. The van der Waals surface area contributed by atoms with Crippen molar-refractivity contribution >= 4 is 17.1 Å². The van der Waals surface area contributed by atoms with Crippen LogP contribution in [0.15, 0.2) is 60.1 Å². The fraction of sp³-hybridized carbons (Fsp3) is 0.200. The molecule has 9 nitrogen and oxygen atoms in total. The van der Waals surface area contributed by atoms with Gasteiger partial charge in [0, 0.05) is 16.8 Å². The minimum Gasteiger partial charge on any atom is -0.493 e. The van der Waals surface area contributed by atoms with Crippen LogP contribution in [0.1, 0.15) is 30.9 Å². The molecule has 2 aromatic carbocycles. The van der Waals surface area contributed by atoms with Gasteiger partial charge in [0.1, 0.15) is 12.1 Å². The molecule has 4 aromatic rings. The number of para-hydroxylation sites is 1. The number of allylic oxidation sites excluding steroid dienone is 2. The highest BCUT2D eigenvalue weighted by Crippen LogP contribution is 2.46. The van der Waals surface area contributed by atoms with Crippen molar-refractivity contribution in [1.29, 1.82) is 0 Å². The Kier molecular flexibility index (Phi) is 5.16. The summed E-state index contributed by atoms with van der Waals surface area (Å²) in [5.74, 6) is 1.84. The standard InChI is InChI=1S/C25H23N5O4/c1-13(31)20-14(2)34-25-22(21(20)15-9-10-18(32-3)19(11-15)33-4)24-28-23(29-30(24)12-27-25)16-7-5-6-8-17(16)26/h5-12,21H,26H2,1-4H3.